The lowest BCUT2D eigenvalue weighted by molar-refractivity contribution is -0.144. The number of aryl methyl sites for hydroxylation is 2. The van der Waals surface area contributed by atoms with E-state index in [2.05, 4.69) is 5.32 Å². The topological polar surface area (TPSA) is 69.6 Å². The predicted octanol–water partition coefficient (Wildman–Crippen LogP) is 3.60. The Morgan fingerprint density at radius 1 is 1.14 bits per heavy atom. The molecule has 2 aromatic rings. The van der Waals surface area contributed by atoms with Gasteiger partial charge in [0.2, 0.25) is 5.91 Å². The fraction of sp³-hybridized carbons (Fsp3) is 0.391. The van der Waals surface area contributed by atoms with E-state index in [0.717, 1.165) is 5.56 Å². The Labute approximate surface area is 170 Å². The second-order valence-electron chi connectivity index (χ2n) is 7.76. The van der Waals surface area contributed by atoms with Crippen LogP contribution in [0.5, 0.6) is 0 Å². The van der Waals surface area contributed by atoms with Crippen molar-refractivity contribution in [3.63, 3.8) is 0 Å². The zero-order valence-electron chi connectivity index (χ0n) is 16.8. The zero-order chi connectivity index (χ0) is 21.0. The number of amides is 1. The second-order valence-corrected chi connectivity index (χ2v) is 7.76. The van der Waals surface area contributed by atoms with Gasteiger partial charge in [-0.25, -0.2) is 4.39 Å². The minimum Gasteiger partial charge on any atom is -0.480 e. The maximum atomic E-state index is 13.6. The second kappa shape index (κ2) is 9.18. The van der Waals surface area contributed by atoms with Crippen LogP contribution >= 0.6 is 0 Å². The van der Waals surface area contributed by atoms with Gasteiger partial charge in [-0.2, -0.15) is 0 Å². The number of carbonyl (C=O) groups excluding carboxylic acids is 1. The van der Waals surface area contributed by atoms with Crippen molar-refractivity contribution in [3.05, 3.63) is 70.5 Å². The number of carboxylic acid groups (broad SMARTS) is 1. The summed E-state index contributed by atoms with van der Waals surface area (Å²) in [5.74, 6) is -1.42. The largest absolute Gasteiger partial charge is 0.480 e. The molecule has 1 aliphatic rings. The number of nitrogens with zero attached hydrogens (tertiary/aromatic N) is 1. The average molecular weight is 398 g/mol. The molecule has 5 nitrogen and oxygen atoms in total. The third-order valence-corrected chi connectivity index (χ3v) is 5.58. The number of hydrogen-bond acceptors (Lipinski definition) is 3. The molecule has 1 heterocycles. The summed E-state index contributed by atoms with van der Waals surface area (Å²) in [4.78, 5) is 26.3. The van der Waals surface area contributed by atoms with Gasteiger partial charge < -0.3 is 10.4 Å². The number of likely N-dealkylation sites (tertiary alicyclic amines) is 1. The first-order valence-corrected chi connectivity index (χ1v) is 9.91. The number of benzene rings is 2. The molecule has 0 spiro atoms. The van der Waals surface area contributed by atoms with Gasteiger partial charge in [-0.3, -0.25) is 14.5 Å². The van der Waals surface area contributed by atoms with Crippen molar-refractivity contribution in [2.24, 2.45) is 5.92 Å². The molecule has 0 aliphatic carbocycles. The van der Waals surface area contributed by atoms with E-state index in [-0.39, 0.29) is 17.6 Å². The van der Waals surface area contributed by atoms with Crippen LogP contribution in [0.1, 0.15) is 41.1 Å². The molecule has 3 rings (SSSR count). The van der Waals surface area contributed by atoms with Crippen LogP contribution in [0.4, 0.5) is 4.39 Å². The summed E-state index contributed by atoms with van der Waals surface area (Å²) in [5, 5.41) is 12.7. The molecule has 1 amide bonds. The highest BCUT2D eigenvalue weighted by Crippen LogP contribution is 2.28. The number of halogens is 1. The van der Waals surface area contributed by atoms with Crippen LogP contribution in [-0.4, -0.2) is 35.0 Å². The van der Waals surface area contributed by atoms with E-state index < -0.39 is 12.0 Å². The molecule has 0 saturated carbocycles. The van der Waals surface area contributed by atoms with Crippen LogP contribution in [0.3, 0.4) is 0 Å². The van der Waals surface area contributed by atoms with Gasteiger partial charge in [0.1, 0.15) is 11.9 Å². The van der Waals surface area contributed by atoms with E-state index >= 15 is 0 Å². The standard InChI is InChI=1S/C23H27FN2O3/c1-15-3-5-17(6-4-15)14-25-22(27)18-9-11-26(12-10-18)21(23(28)29)19-7-8-20(24)16(2)13-19/h3-8,13,18,21H,9-12,14H2,1-2H3,(H,25,27)(H,28,29). The normalized spacial score (nSPS) is 16.4. The third kappa shape index (κ3) is 5.21. The summed E-state index contributed by atoms with van der Waals surface area (Å²) >= 11 is 0. The van der Waals surface area contributed by atoms with Gasteiger partial charge in [-0.15, -0.1) is 0 Å². The van der Waals surface area contributed by atoms with Gasteiger partial charge in [-0.05, 0) is 49.4 Å². The Morgan fingerprint density at radius 2 is 1.79 bits per heavy atom. The number of aliphatic carboxylic acids is 1. The van der Waals surface area contributed by atoms with Gasteiger partial charge in [-0.1, -0.05) is 42.0 Å². The lowest BCUT2D eigenvalue weighted by Crippen LogP contribution is -2.43. The van der Waals surface area contributed by atoms with Crippen molar-refractivity contribution >= 4 is 11.9 Å². The smallest absolute Gasteiger partial charge is 0.325 e. The van der Waals surface area contributed by atoms with Crippen LogP contribution in [-0.2, 0) is 16.1 Å². The molecule has 154 valence electrons. The summed E-state index contributed by atoms with van der Waals surface area (Å²) in [6.45, 7) is 5.16. The number of hydrogen-bond donors (Lipinski definition) is 2. The van der Waals surface area contributed by atoms with E-state index in [9.17, 15) is 19.1 Å². The number of carboxylic acids is 1. The van der Waals surface area contributed by atoms with E-state index in [4.69, 9.17) is 0 Å². The van der Waals surface area contributed by atoms with Crippen LogP contribution in [0, 0.1) is 25.6 Å². The molecule has 2 N–H and O–H groups in total. The Kier molecular flexibility index (Phi) is 6.64. The quantitative estimate of drug-likeness (QED) is 0.780. The highest BCUT2D eigenvalue weighted by molar-refractivity contribution is 5.79. The van der Waals surface area contributed by atoms with Crippen molar-refractivity contribution in [2.45, 2.75) is 39.3 Å². The van der Waals surface area contributed by atoms with Crippen LogP contribution < -0.4 is 5.32 Å². The van der Waals surface area contributed by atoms with Gasteiger partial charge in [0, 0.05) is 25.6 Å². The van der Waals surface area contributed by atoms with E-state index in [1.54, 1.807) is 13.0 Å². The molecule has 29 heavy (non-hydrogen) atoms. The molecule has 1 saturated heterocycles. The number of nitrogens with one attached hydrogen (secondary N) is 1. The van der Waals surface area contributed by atoms with Crippen molar-refractivity contribution < 1.29 is 19.1 Å². The SMILES string of the molecule is Cc1ccc(CNC(=O)C2CCN(C(C(=O)O)c3ccc(F)c(C)c3)CC2)cc1. The zero-order valence-corrected chi connectivity index (χ0v) is 16.8. The maximum Gasteiger partial charge on any atom is 0.325 e. The molecular weight excluding hydrogens is 371 g/mol. The van der Waals surface area contributed by atoms with E-state index in [1.807, 2.05) is 36.1 Å². The summed E-state index contributed by atoms with van der Waals surface area (Å²) in [5.41, 5.74) is 3.23. The molecule has 0 bridgehead atoms. The molecule has 1 aliphatic heterocycles. The fourth-order valence-electron chi connectivity index (χ4n) is 3.81. The number of piperidine rings is 1. The lowest BCUT2D eigenvalue weighted by atomic mass is 9.93. The molecule has 0 aromatic heterocycles. The Bertz CT molecular complexity index is 874. The number of carbonyl (C=O) groups is 2. The van der Waals surface area contributed by atoms with E-state index in [0.29, 0.717) is 43.6 Å². The molecule has 1 unspecified atom stereocenters. The maximum absolute atomic E-state index is 13.6. The first-order valence-electron chi connectivity index (χ1n) is 9.91. The monoisotopic (exact) mass is 398 g/mol. The Balaban J connectivity index is 1.57. The molecular formula is C23H27FN2O3. The van der Waals surface area contributed by atoms with Gasteiger partial charge >= 0.3 is 5.97 Å². The van der Waals surface area contributed by atoms with Gasteiger partial charge in [0.15, 0.2) is 0 Å². The minimum absolute atomic E-state index is 0.00901. The summed E-state index contributed by atoms with van der Waals surface area (Å²) in [6, 6.07) is 11.6. The lowest BCUT2D eigenvalue weighted by Gasteiger charge is -2.35. The molecule has 1 atom stereocenters. The summed E-state index contributed by atoms with van der Waals surface area (Å²) in [6.07, 6.45) is 1.20. The van der Waals surface area contributed by atoms with Crippen molar-refractivity contribution in [2.75, 3.05) is 13.1 Å². The molecule has 1 fully saturated rings. The Morgan fingerprint density at radius 3 is 2.38 bits per heavy atom. The highest BCUT2D eigenvalue weighted by atomic mass is 19.1. The summed E-state index contributed by atoms with van der Waals surface area (Å²) in [7, 11) is 0. The highest BCUT2D eigenvalue weighted by Gasteiger charge is 2.33. The first-order chi connectivity index (χ1) is 13.8. The van der Waals surface area contributed by atoms with Crippen molar-refractivity contribution in [1.82, 2.24) is 10.2 Å². The first kappa shape index (κ1) is 21.0. The summed E-state index contributed by atoms with van der Waals surface area (Å²) < 4.78 is 13.6. The molecule has 0 radical (unpaired) electrons. The van der Waals surface area contributed by atoms with Crippen LogP contribution in [0.2, 0.25) is 0 Å². The van der Waals surface area contributed by atoms with Crippen LogP contribution in [0.15, 0.2) is 42.5 Å². The van der Waals surface area contributed by atoms with Crippen LogP contribution in [0.25, 0.3) is 0 Å². The van der Waals surface area contributed by atoms with Crippen molar-refractivity contribution in [1.29, 1.82) is 0 Å². The average Bonchev–Trinajstić information content (AvgIpc) is 2.70. The van der Waals surface area contributed by atoms with Crippen molar-refractivity contribution in [3.8, 4) is 0 Å². The molecule has 6 heteroatoms. The third-order valence-electron chi connectivity index (χ3n) is 5.58. The Hall–Kier alpha value is -2.73. The van der Waals surface area contributed by atoms with Gasteiger partial charge in [0.25, 0.3) is 0 Å². The minimum atomic E-state index is -0.960. The van der Waals surface area contributed by atoms with E-state index in [1.165, 1.54) is 17.7 Å². The van der Waals surface area contributed by atoms with Gasteiger partial charge in [0.05, 0.1) is 0 Å². The predicted molar refractivity (Wildman–Crippen MR) is 109 cm³/mol. The fourth-order valence-corrected chi connectivity index (χ4v) is 3.81. The molecule has 2 aromatic carbocycles. The number of rotatable bonds is 6.